The number of aryl methyl sites for hydroxylation is 2. The molecule has 1 heterocycles. The van der Waals surface area contributed by atoms with Crippen LogP contribution in [0.5, 0.6) is 5.75 Å². The lowest BCUT2D eigenvalue weighted by atomic mass is 9.96. The van der Waals surface area contributed by atoms with Gasteiger partial charge < -0.3 is 10.1 Å². The smallest absolute Gasteiger partial charge is 0.237 e. The minimum Gasteiger partial charge on any atom is -0.495 e. The van der Waals surface area contributed by atoms with Gasteiger partial charge in [-0.1, -0.05) is 36.7 Å². The van der Waals surface area contributed by atoms with Crippen molar-refractivity contribution in [1.29, 1.82) is 5.26 Å². The summed E-state index contributed by atoms with van der Waals surface area (Å²) >= 11 is 1.33. The van der Waals surface area contributed by atoms with E-state index in [2.05, 4.69) is 11.4 Å². The molecule has 5 nitrogen and oxygen atoms in total. The number of nitriles is 1. The number of para-hydroxylation sites is 2. The zero-order chi connectivity index (χ0) is 19.9. The number of fused-ring (bicyclic) bond motifs is 1. The van der Waals surface area contributed by atoms with E-state index in [4.69, 9.17) is 9.72 Å². The zero-order valence-corrected chi connectivity index (χ0v) is 17.1. The zero-order valence-electron chi connectivity index (χ0n) is 16.3. The Balaban J connectivity index is 1.77. The number of amides is 1. The third kappa shape index (κ3) is 4.85. The first-order chi connectivity index (χ1) is 13.6. The standard InChI is InChI=1S/C22H25N3O2S/c1-15(21(26)24-19-11-7-8-12-20(19)27-2)28-22-17(14-23)13-16-9-5-3-4-6-10-18(16)25-22/h7-8,11-13,15H,3-6,9-10H2,1-2H3,(H,24,26). The first-order valence-corrected chi connectivity index (χ1v) is 10.5. The molecule has 0 saturated carbocycles. The third-order valence-corrected chi connectivity index (χ3v) is 6.01. The Hall–Kier alpha value is -2.52. The first-order valence-electron chi connectivity index (χ1n) is 9.65. The highest BCUT2D eigenvalue weighted by atomic mass is 32.2. The predicted octanol–water partition coefficient (Wildman–Crippen LogP) is 4.74. The molecule has 28 heavy (non-hydrogen) atoms. The van der Waals surface area contributed by atoms with Crippen LogP contribution in [0.2, 0.25) is 0 Å². The van der Waals surface area contributed by atoms with Crippen molar-refractivity contribution in [1.82, 2.24) is 4.98 Å². The second-order valence-electron chi connectivity index (χ2n) is 6.92. The molecular weight excluding hydrogens is 370 g/mol. The minimum atomic E-state index is -0.392. The van der Waals surface area contributed by atoms with Crippen LogP contribution in [0.25, 0.3) is 0 Å². The van der Waals surface area contributed by atoms with E-state index in [0.717, 1.165) is 31.4 Å². The molecule has 6 heteroatoms. The maximum atomic E-state index is 12.7. The molecule has 1 aromatic carbocycles. The fourth-order valence-corrected chi connectivity index (χ4v) is 4.24. The van der Waals surface area contributed by atoms with Crippen LogP contribution in [-0.4, -0.2) is 23.3 Å². The maximum absolute atomic E-state index is 12.7. The van der Waals surface area contributed by atoms with Crippen molar-refractivity contribution >= 4 is 23.4 Å². The summed E-state index contributed by atoms with van der Waals surface area (Å²) in [7, 11) is 1.57. The van der Waals surface area contributed by atoms with E-state index >= 15 is 0 Å². The molecular formula is C22H25N3O2S. The highest BCUT2D eigenvalue weighted by molar-refractivity contribution is 8.00. The summed E-state index contributed by atoms with van der Waals surface area (Å²) in [5, 5.41) is 12.7. The Morgan fingerprint density at radius 2 is 2.00 bits per heavy atom. The predicted molar refractivity (Wildman–Crippen MR) is 112 cm³/mol. The molecule has 0 radical (unpaired) electrons. The number of carbonyl (C=O) groups is 1. The van der Waals surface area contributed by atoms with Crippen molar-refractivity contribution in [3.63, 3.8) is 0 Å². The van der Waals surface area contributed by atoms with Crippen LogP contribution in [0.3, 0.4) is 0 Å². The Bertz CT molecular complexity index is 892. The minimum absolute atomic E-state index is 0.146. The topological polar surface area (TPSA) is 75.0 Å². The van der Waals surface area contributed by atoms with E-state index in [1.165, 1.54) is 30.2 Å². The number of ether oxygens (including phenoxy) is 1. The molecule has 1 aromatic heterocycles. The average Bonchev–Trinajstić information content (AvgIpc) is 2.69. The number of rotatable bonds is 5. The van der Waals surface area contributed by atoms with Crippen LogP contribution in [0.1, 0.15) is 49.4 Å². The average molecular weight is 396 g/mol. The number of aromatic nitrogens is 1. The number of nitrogens with zero attached hydrogens (tertiary/aromatic N) is 2. The lowest BCUT2D eigenvalue weighted by molar-refractivity contribution is -0.115. The normalized spacial score (nSPS) is 14.8. The van der Waals surface area contributed by atoms with E-state index in [0.29, 0.717) is 22.0 Å². The molecule has 0 spiro atoms. The summed E-state index contributed by atoms with van der Waals surface area (Å²) in [6.45, 7) is 1.83. The Labute approximate surface area is 170 Å². The van der Waals surface area contributed by atoms with Crippen molar-refractivity contribution in [2.45, 2.75) is 55.7 Å². The number of thioether (sulfide) groups is 1. The van der Waals surface area contributed by atoms with E-state index in [1.807, 2.05) is 25.1 Å². The van der Waals surface area contributed by atoms with Gasteiger partial charge in [0.15, 0.2) is 0 Å². The van der Waals surface area contributed by atoms with Gasteiger partial charge in [0.05, 0.1) is 23.6 Å². The second-order valence-corrected chi connectivity index (χ2v) is 8.25. The maximum Gasteiger partial charge on any atom is 0.237 e. The van der Waals surface area contributed by atoms with Gasteiger partial charge in [0.2, 0.25) is 5.91 Å². The van der Waals surface area contributed by atoms with Crippen molar-refractivity contribution < 1.29 is 9.53 Å². The van der Waals surface area contributed by atoms with Gasteiger partial charge in [0.25, 0.3) is 0 Å². The monoisotopic (exact) mass is 395 g/mol. The Morgan fingerprint density at radius 1 is 1.25 bits per heavy atom. The number of pyridine rings is 1. The molecule has 1 aliphatic rings. The number of carbonyl (C=O) groups excluding carboxylic acids is 1. The van der Waals surface area contributed by atoms with E-state index in [1.54, 1.807) is 19.2 Å². The molecule has 1 N–H and O–H groups in total. The van der Waals surface area contributed by atoms with Crippen LogP contribution in [0, 0.1) is 11.3 Å². The van der Waals surface area contributed by atoms with E-state index in [-0.39, 0.29) is 5.91 Å². The lowest BCUT2D eigenvalue weighted by Crippen LogP contribution is -2.23. The molecule has 0 saturated heterocycles. The van der Waals surface area contributed by atoms with Gasteiger partial charge in [-0.25, -0.2) is 4.98 Å². The van der Waals surface area contributed by atoms with Gasteiger partial charge in [0.1, 0.15) is 16.8 Å². The molecule has 0 bridgehead atoms. The van der Waals surface area contributed by atoms with Crippen LogP contribution in [0.15, 0.2) is 35.4 Å². The SMILES string of the molecule is COc1ccccc1NC(=O)C(C)Sc1nc2c(cc1C#N)CCCCCC2. The molecule has 0 fully saturated rings. The van der Waals surface area contributed by atoms with Crippen molar-refractivity contribution in [2.75, 3.05) is 12.4 Å². The Kier molecular flexibility index (Phi) is 6.94. The van der Waals surface area contributed by atoms with Crippen LogP contribution >= 0.6 is 11.8 Å². The molecule has 3 rings (SSSR count). The first kappa shape index (κ1) is 20.2. The summed E-state index contributed by atoms with van der Waals surface area (Å²) in [5.41, 5.74) is 3.46. The lowest BCUT2D eigenvalue weighted by Gasteiger charge is -2.17. The molecule has 1 aliphatic carbocycles. The highest BCUT2D eigenvalue weighted by Gasteiger charge is 2.21. The molecule has 1 amide bonds. The van der Waals surface area contributed by atoms with Crippen LogP contribution in [0.4, 0.5) is 5.69 Å². The fourth-order valence-electron chi connectivity index (χ4n) is 3.34. The van der Waals surface area contributed by atoms with Crippen molar-refractivity contribution in [3.05, 3.63) is 47.2 Å². The quantitative estimate of drug-likeness (QED) is 0.740. The van der Waals surface area contributed by atoms with Gasteiger partial charge >= 0.3 is 0 Å². The highest BCUT2D eigenvalue weighted by Crippen LogP contribution is 2.30. The summed E-state index contributed by atoms with van der Waals surface area (Å²) in [6, 6.07) is 11.5. The number of benzene rings is 1. The molecule has 146 valence electrons. The summed E-state index contributed by atoms with van der Waals surface area (Å²) in [4.78, 5) is 17.5. The third-order valence-electron chi connectivity index (χ3n) is 4.91. The van der Waals surface area contributed by atoms with Gasteiger partial charge in [-0.15, -0.1) is 0 Å². The van der Waals surface area contributed by atoms with Gasteiger partial charge in [-0.3, -0.25) is 4.79 Å². The summed E-state index contributed by atoms with van der Waals surface area (Å²) in [6.07, 6.45) is 6.64. The fraction of sp³-hybridized carbons (Fsp3) is 0.409. The Morgan fingerprint density at radius 3 is 2.75 bits per heavy atom. The van der Waals surface area contributed by atoms with Crippen molar-refractivity contribution in [2.24, 2.45) is 0 Å². The number of hydrogen-bond acceptors (Lipinski definition) is 5. The van der Waals surface area contributed by atoms with Crippen LogP contribution < -0.4 is 10.1 Å². The van der Waals surface area contributed by atoms with E-state index < -0.39 is 5.25 Å². The second kappa shape index (κ2) is 9.61. The number of anilines is 1. The number of hydrogen-bond donors (Lipinski definition) is 1. The van der Waals surface area contributed by atoms with E-state index in [9.17, 15) is 10.1 Å². The molecule has 2 aromatic rings. The largest absolute Gasteiger partial charge is 0.495 e. The van der Waals surface area contributed by atoms with Crippen LogP contribution in [-0.2, 0) is 17.6 Å². The number of methoxy groups -OCH3 is 1. The van der Waals surface area contributed by atoms with Crippen molar-refractivity contribution in [3.8, 4) is 11.8 Å². The number of nitrogens with one attached hydrogen (secondary N) is 1. The van der Waals surface area contributed by atoms with Gasteiger partial charge in [0, 0.05) is 5.69 Å². The summed E-state index contributed by atoms with van der Waals surface area (Å²) in [5.74, 6) is 0.469. The molecule has 0 aliphatic heterocycles. The molecule has 1 atom stereocenters. The summed E-state index contributed by atoms with van der Waals surface area (Å²) < 4.78 is 5.29. The molecule has 1 unspecified atom stereocenters. The van der Waals surface area contributed by atoms with Gasteiger partial charge in [-0.05, 0) is 56.4 Å². The van der Waals surface area contributed by atoms with Gasteiger partial charge in [-0.2, -0.15) is 5.26 Å².